The average molecular weight is 670 g/mol. The minimum Gasteiger partial charge on any atom is -0.493 e. The second-order valence-electron chi connectivity index (χ2n) is 11.8. The van der Waals surface area contributed by atoms with Gasteiger partial charge in [-0.05, 0) is 86.2 Å². The van der Waals surface area contributed by atoms with Gasteiger partial charge in [-0.1, -0.05) is 56.0 Å². The second kappa shape index (κ2) is 15.7. The predicted molar refractivity (Wildman–Crippen MR) is 181 cm³/mol. The van der Waals surface area contributed by atoms with E-state index in [1.807, 2.05) is 26.8 Å². The molecule has 0 unspecified atom stereocenters. The Labute approximate surface area is 277 Å². The first-order valence-corrected chi connectivity index (χ1v) is 17.5. The van der Waals surface area contributed by atoms with Crippen LogP contribution in [0.5, 0.6) is 11.5 Å². The molecular formula is C35H44ClN3O6S. The van der Waals surface area contributed by atoms with Crippen LogP contribution in [0.4, 0.5) is 5.69 Å². The first kappa shape index (κ1) is 35.1. The van der Waals surface area contributed by atoms with Crippen LogP contribution < -0.4 is 19.1 Å². The maximum absolute atomic E-state index is 14.4. The number of halogens is 1. The van der Waals surface area contributed by atoms with E-state index in [4.69, 9.17) is 21.1 Å². The molecule has 0 spiro atoms. The fraction of sp³-hybridized carbons (Fsp3) is 0.429. The van der Waals surface area contributed by atoms with E-state index >= 15 is 0 Å². The minimum atomic E-state index is -4.30. The Kier molecular flexibility index (Phi) is 12.0. The quantitative estimate of drug-likeness (QED) is 0.225. The highest BCUT2D eigenvalue weighted by Gasteiger charge is 2.35. The van der Waals surface area contributed by atoms with E-state index in [0.717, 1.165) is 53.1 Å². The van der Waals surface area contributed by atoms with Gasteiger partial charge in [-0.3, -0.25) is 13.9 Å². The van der Waals surface area contributed by atoms with Gasteiger partial charge in [0.05, 0.1) is 24.8 Å². The summed E-state index contributed by atoms with van der Waals surface area (Å²) in [5.74, 6) is -0.134. The molecule has 0 aromatic heterocycles. The van der Waals surface area contributed by atoms with Gasteiger partial charge < -0.3 is 19.7 Å². The van der Waals surface area contributed by atoms with Crippen LogP contribution in [0.1, 0.15) is 62.1 Å². The zero-order chi connectivity index (χ0) is 33.4. The third kappa shape index (κ3) is 8.53. The van der Waals surface area contributed by atoms with Crippen molar-refractivity contribution in [2.75, 3.05) is 25.1 Å². The largest absolute Gasteiger partial charge is 0.493 e. The SMILES string of the molecule is CC[C@H](C(=O)NC1CCCCC1)N(Cc1ccc(Cl)cc1)C(=O)CN(c1cc(C)cc(C)c1)S(=O)(=O)c1ccc(OC)c(OC)c1. The predicted octanol–water partition coefficient (Wildman–Crippen LogP) is 6.43. The van der Waals surface area contributed by atoms with Crippen molar-refractivity contribution < 1.29 is 27.5 Å². The van der Waals surface area contributed by atoms with Crippen molar-refractivity contribution in [3.63, 3.8) is 0 Å². The van der Waals surface area contributed by atoms with E-state index < -0.39 is 28.5 Å². The summed E-state index contributed by atoms with van der Waals surface area (Å²) in [7, 11) is -1.40. The molecule has 0 heterocycles. The third-order valence-electron chi connectivity index (χ3n) is 8.32. The molecule has 11 heteroatoms. The van der Waals surface area contributed by atoms with Gasteiger partial charge in [-0.15, -0.1) is 0 Å². The van der Waals surface area contributed by atoms with Gasteiger partial charge >= 0.3 is 0 Å². The topological polar surface area (TPSA) is 105 Å². The molecule has 1 saturated carbocycles. The molecule has 0 saturated heterocycles. The van der Waals surface area contributed by atoms with Crippen molar-refractivity contribution in [1.82, 2.24) is 10.2 Å². The number of rotatable bonds is 13. The number of hydrogen-bond donors (Lipinski definition) is 1. The molecule has 0 aliphatic heterocycles. The molecule has 0 bridgehead atoms. The van der Waals surface area contributed by atoms with Crippen LogP contribution in [-0.4, -0.2) is 58.0 Å². The lowest BCUT2D eigenvalue weighted by molar-refractivity contribution is -0.140. The number of nitrogens with zero attached hydrogens (tertiary/aromatic N) is 2. The molecule has 0 radical (unpaired) electrons. The molecule has 1 aliphatic carbocycles. The van der Waals surface area contributed by atoms with Gasteiger partial charge in [-0.2, -0.15) is 0 Å². The van der Waals surface area contributed by atoms with Crippen LogP contribution in [0.2, 0.25) is 5.02 Å². The number of sulfonamides is 1. The fourth-order valence-electron chi connectivity index (χ4n) is 5.98. The molecule has 1 aliphatic rings. The van der Waals surface area contributed by atoms with Gasteiger partial charge in [0, 0.05) is 23.7 Å². The molecular weight excluding hydrogens is 626 g/mol. The number of carbonyl (C=O) groups excluding carboxylic acids is 2. The summed E-state index contributed by atoms with van der Waals surface area (Å²) in [4.78, 5) is 29.6. The summed E-state index contributed by atoms with van der Waals surface area (Å²) in [6.45, 7) is 5.17. The maximum Gasteiger partial charge on any atom is 0.264 e. The molecule has 4 rings (SSSR count). The highest BCUT2D eigenvalue weighted by atomic mass is 35.5. The molecule has 3 aromatic rings. The maximum atomic E-state index is 14.4. The Morgan fingerprint density at radius 3 is 2.13 bits per heavy atom. The lowest BCUT2D eigenvalue weighted by Gasteiger charge is -2.34. The number of methoxy groups -OCH3 is 2. The Balaban J connectivity index is 1.76. The van der Waals surface area contributed by atoms with Crippen LogP contribution in [0.15, 0.2) is 65.6 Å². The average Bonchev–Trinajstić information content (AvgIpc) is 3.03. The van der Waals surface area contributed by atoms with Gasteiger partial charge in [0.25, 0.3) is 10.0 Å². The monoisotopic (exact) mass is 669 g/mol. The molecule has 2 amide bonds. The highest BCUT2D eigenvalue weighted by molar-refractivity contribution is 7.92. The molecule has 248 valence electrons. The summed E-state index contributed by atoms with van der Waals surface area (Å²) in [6.07, 6.45) is 5.40. The molecule has 9 nitrogen and oxygen atoms in total. The van der Waals surface area contributed by atoms with Crippen LogP contribution in [0, 0.1) is 13.8 Å². The van der Waals surface area contributed by atoms with Gasteiger partial charge in [0.1, 0.15) is 12.6 Å². The first-order valence-electron chi connectivity index (χ1n) is 15.6. The van der Waals surface area contributed by atoms with Gasteiger partial charge in [0.15, 0.2) is 11.5 Å². The zero-order valence-electron chi connectivity index (χ0n) is 27.2. The smallest absolute Gasteiger partial charge is 0.264 e. The Morgan fingerprint density at radius 2 is 1.54 bits per heavy atom. The van der Waals surface area contributed by atoms with E-state index in [0.29, 0.717) is 22.9 Å². The Morgan fingerprint density at radius 1 is 0.913 bits per heavy atom. The summed E-state index contributed by atoms with van der Waals surface area (Å²) < 4.78 is 40.6. The highest BCUT2D eigenvalue weighted by Crippen LogP contribution is 2.33. The lowest BCUT2D eigenvalue weighted by atomic mass is 9.95. The van der Waals surface area contributed by atoms with E-state index in [2.05, 4.69) is 5.32 Å². The third-order valence-corrected chi connectivity index (χ3v) is 10.3. The molecule has 3 aromatic carbocycles. The van der Waals surface area contributed by atoms with Crippen molar-refractivity contribution in [2.45, 2.75) is 82.8 Å². The summed E-state index contributed by atoms with van der Waals surface area (Å²) in [6, 6.07) is 16.0. The lowest BCUT2D eigenvalue weighted by Crippen LogP contribution is -2.54. The molecule has 1 atom stereocenters. The van der Waals surface area contributed by atoms with Crippen molar-refractivity contribution in [1.29, 1.82) is 0 Å². The number of hydrogen-bond acceptors (Lipinski definition) is 6. The summed E-state index contributed by atoms with van der Waals surface area (Å²) >= 11 is 6.14. The number of nitrogens with one attached hydrogen (secondary N) is 1. The van der Waals surface area contributed by atoms with Crippen molar-refractivity contribution in [2.24, 2.45) is 0 Å². The van der Waals surface area contributed by atoms with Crippen molar-refractivity contribution >= 4 is 39.1 Å². The van der Waals surface area contributed by atoms with Crippen molar-refractivity contribution in [3.05, 3.63) is 82.4 Å². The summed E-state index contributed by atoms with van der Waals surface area (Å²) in [5.41, 5.74) is 2.78. The van der Waals surface area contributed by atoms with Crippen LogP contribution >= 0.6 is 11.6 Å². The first-order chi connectivity index (χ1) is 22.0. The number of benzene rings is 3. The molecule has 1 N–H and O–H groups in total. The van der Waals surface area contributed by atoms with E-state index in [1.165, 1.54) is 37.3 Å². The van der Waals surface area contributed by atoms with Crippen LogP contribution in [0.3, 0.4) is 0 Å². The zero-order valence-corrected chi connectivity index (χ0v) is 28.8. The number of amides is 2. The van der Waals surface area contributed by atoms with E-state index in [1.54, 1.807) is 36.4 Å². The number of carbonyl (C=O) groups is 2. The summed E-state index contributed by atoms with van der Waals surface area (Å²) in [5, 5.41) is 3.72. The second-order valence-corrected chi connectivity index (χ2v) is 14.1. The van der Waals surface area contributed by atoms with Crippen molar-refractivity contribution in [3.8, 4) is 11.5 Å². The van der Waals surface area contributed by atoms with Gasteiger partial charge in [-0.25, -0.2) is 8.42 Å². The minimum absolute atomic E-state index is 0.0555. The van der Waals surface area contributed by atoms with Crippen LogP contribution in [-0.2, 0) is 26.2 Å². The van der Waals surface area contributed by atoms with E-state index in [-0.39, 0.29) is 29.1 Å². The fourth-order valence-corrected chi connectivity index (χ4v) is 7.52. The molecule has 46 heavy (non-hydrogen) atoms. The van der Waals surface area contributed by atoms with Crippen LogP contribution in [0.25, 0.3) is 0 Å². The number of aryl methyl sites for hydroxylation is 2. The standard InChI is InChI=1S/C35H44ClN3O6S/c1-6-31(35(41)37-28-10-8-7-9-11-28)38(22-26-12-14-27(36)15-13-26)34(40)23-39(29-19-24(2)18-25(3)20-29)46(42,43)30-16-17-32(44-4)33(21-30)45-5/h12-21,28,31H,6-11,22-23H2,1-5H3,(H,37,41)/t31-/m1/s1. The normalized spacial score (nSPS) is 14.3. The van der Waals surface area contributed by atoms with Gasteiger partial charge in [0.2, 0.25) is 11.8 Å². The Hall–Kier alpha value is -3.76. The molecule has 1 fully saturated rings. The Bertz CT molecular complexity index is 1600. The van der Waals surface area contributed by atoms with E-state index in [9.17, 15) is 18.0 Å². The number of anilines is 1. The number of ether oxygens (including phenoxy) is 2.